The largest absolute Gasteiger partial charge is 0.377 e. The van der Waals surface area contributed by atoms with E-state index in [0.29, 0.717) is 13.2 Å². The molecule has 0 saturated heterocycles. The van der Waals surface area contributed by atoms with E-state index >= 15 is 0 Å². The van der Waals surface area contributed by atoms with Gasteiger partial charge in [-0.3, -0.25) is 4.79 Å². The van der Waals surface area contributed by atoms with E-state index in [-0.39, 0.29) is 17.9 Å². The first-order chi connectivity index (χ1) is 10.7. The molecule has 0 atom stereocenters. The summed E-state index contributed by atoms with van der Waals surface area (Å²) in [4.78, 5) is 12.6. The number of carbonyl (C=O) groups is 1. The molecular formula is C19H23NO2. The molecule has 0 aliphatic heterocycles. The van der Waals surface area contributed by atoms with E-state index in [9.17, 15) is 4.79 Å². The topological polar surface area (TPSA) is 38.3 Å². The van der Waals surface area contributed by atoms with Crippen molar-refractivity contribution in [1.29, 1.82) is 0 Å². The fourth-order valence-corrected chi connectivity index (χ4v) is 2.36. The second-order valence-electron chi connectivity index (χ2n) is 5.46. The molecule has 2 aromatic rings. The van der Waals surface area contributed by atoms with Crippen molar-refractivity contribution in [2.45, 2.75) is 25.9 Å². The van der Waals surface area contributed by atoms with E-state index in [4.69, 9.17) is 4.74 Å². The van der Waals surface area contributed by atoms with Crippen molar-refractivity contribution < 1.29 is 9.53 Å². The number of benzene rings is 2. The second-order valence-corrected chi connectivity index (χ2v) is 5.46. The molecule has 0 unspecified atom stereocenters. The minimum atomic E-state index is -0.290. The van der Waals surface area contributed by atoms with Gasteiger partial charge in [0.1, 0.15) is 0 Å². The van der Waals surface area contributed by atoms with Gasteiger partial charge in [-0.2, -0.15) is 0 Å². The van der Waals surface area contributed by atoms with Crippen LogP contribution in [0.4, 0.5) is 0 Å². The Hall–Kier alpha value is -2.13. The zero-order valence-corrected chi connectivity index (χ0v) is 13.2. The highest BCUT2D eigenvalue weighted by atomic mass is 16.5. The molecule has 2 rings (SSSR count). The van der Waals surface area contributed by atoms with E-state index in [1.807, 2.05) is 74.5 Å². The van der Waals surface area contributed by atoms with Crippen LogP contribution in [-0.4, -0.2) is 25.2 Å². The van der Waals surface area contributed by atoms with Crippen molar-refractivity contribution in [3.8, 4) is 0 Å². The fourth-order valence-electron chi connectivity index (χ4n) is 2.36. The lowest BCUT2D eigenvalue weighted by Gasteiger charge is -2.18. The summed E-state index contributed by atoms with van der Waals surface area (Å²) in [5.41, 5.74) is 1.99. The van der Waals surface area contributed by atoms with Crippen LogP contribution in [0.2, 0.25) is 0 Å². The number of hydrogen-bond donors (Lipinski definition) is 1. The highest BCUT2D eigenvalue weighted by Gasteiger charge is 2.21. The Morgan fingerprint density at radius 1 is 0.955 bits per heavy atom. The summed E-state index contributed by atoms with van der Waals surface area (Å²) < 4.78 is 5.47. The van der Waals surface area contributed by atoms with Gasteiger partial charge in [0.15, 0.2) is 0 Å². The molecule has 1 N–H and O–H groups in total. The van der Waals surface area contributed by atoms with Gasteiger partial charge in [-0.25, -0.2) is 0 Å². The summed E-state index contributed by atoms with van der Waals surface area (Å²) in [5, 5.41) is 2.97. The van der Waals surface area contributed by atoms with Crippen LogP contribution in [0, 0.1) is 0 Å². The monoisotopic (exact) mass is 297 g/mol. The maximum Gasteiger partial charge on any atom is 0.232 e. The molecule has 2 aromatic carbocycles. The van der Waals surface area contributed by atoms with Crippen LogP contribution in [0.1, 0.15) is 30.9 Å². The fraction of sp³-hybridized carbons (Fsp3) is 0.316. The van der Waals surface area contributed by atoms with Crippen molar-refractivity contribution in [3.63, 3.8) is 0 Å². The predicted molar refractivity (Wildman–Crippen MR) is 88.8 cm³/mol. The number of nitrogens with one attached hydrogen (secondary N) is 1. The van der Waals surface area contributed by atoms with Crippen molar-refractivity contribution >= 4 is 5.91 Å². The molecular weight excluding hydrogens is 274 g/mol. The van der Waals surface area contributed by atoms with E-state index in [0.717, 1.165) is 11.1 Å². The number of carbonyl (C=O) groups excluding carboxylic acids is 1. The van der Waals surface area contributed by atoms with E-state index in [1.165, 1.54) is 0 Å². The Labute approximate surface area is 132 Å². The van der Waals surface area contributed by atoms with Gasteiger partial charge in [-0.1, -0.05) is 60.7 Å². The second kappa shape index (κ2) is 8.35. The number of rotatable bonds is 7. The number of amides is 1. The highest BCUT2D eigenvalue weighted by Crippen LogP contribution is 2.24. The summed E-state index contributed by atoms with van der Waals surface area (Å²) in [6, 6.07) is 19.7. The van der Waals surface area contributed by atoms with Gasteiger partial charge < -0.3 is 10.1 Å². The predicted octanol–water partition coefficient (Wildman–Crippen LogP) is 3.36. The van der Waals surface area contributed by atoms with Gasteiger partial charge in [0.25, 0.3) is 0 Å². The standard InChI is InChI=1S/C19H23NO2/c1-15(2)22-14-13-20-19(21)18(16-9-5-3-6-10-16)17-11-7-4-8-12-17/h3-12,15,18H,13-14H2,1-2H3,(H,20,21). The maximum atomic E-state index is 12.6. The summed E-state index contributed by atoms with van der Waals surface area (Å²) in [5.74, 6) is -0.286. The zero-order valence-electron chi connectivity index (χ0n) is 13.2. The Balaban J connectivity index is 2.10. The summed E-state index contributed by atoms with van der Waals surface area (Å²) in [6.07, 6.45) is 0.177. The van der Waals surface area contributed by atoms with Gasteiger partial charge in [0.05, 0.1) is 18.6 Å². The zero-order chi connectivity index (χ0) is 15.8. The first-order valence-electron chi connectivity index (χ1n) is 7.67. The molecule has 0 radical (unpaired) electrons. The molecule has 0 aromatic heterocycles. The SMILES string of the molecule is CC(C)OCCNC(=O)C(c1ccccc1)c1ccccc1. The van der Waals surface area contributed by atoms with Gasteiger partial charge in [-0.05, 0) is 25.0 Å². The Kier molecular flexibility index (Phi) is 6.16. The lowest BCUT2D eigenvalue weighted by molar-refractivity contribution is -0.122. The van der Waals surface area contributed by atoms with Gasteiger partial charge in [0.2, 0.25) is 5.91 Å². The third-order valence-electron chi connectivity index (χ3n) is 3.38. The molecule has 116 valence electrons. The molecule has 3 heteroatoms. The van der Waals surface area contributed by atoms with Crippen LogP contribution >= 0.6 is 0 Å². The Morgan fingerprint density at radius 2 is 1.45 bits per heavy atom. The average Bonchev–Trinajstić information content (AvgIpc) is 2.54. The average molecular weight is 297 g/mol. The molecule has 0 heterocycles. The third kappa shape index (κ3) is 4.71. The van der Waals surface area contributed by atoms with E-state index < -0.39 is 0 Å². The van der Waals surface area contributed by atoms with E-state index in [1.54, 1.807) is 0 Å². The summed E-state index contributed by atoms with van der Waals surface area (Å²) in [6.45, 7) is 5.02. The quantitative estimate of drug-likeness (QED) is 0.796. The molecule has 22 heavy (non-hydrogen) atoms. The molecule has 0 saturated carbocycles. The molecule has 0 fully saturated rings. The third-order valence-corrected chi connectivity index (χ3v) is 3.38. The van der Waals surface area contributed by atoms with Crippen LogP contribution in [0.3, 0.4) is 0 Å². The van der Waals surface area contributed by atoms with Crippen LogP contribution < -0.4 is 5.32 Å². The minimum absolute atomic E-state index is 0.00440. The van der Waals surface area contributed by atoms with Crippen molar-refractivity contribution in [2.75, 3.05) is 13.2 Å². The number of hydrogen-bond acceptors (Lipinski definition) is 2. The smallest absolute Gasteiger partial charge is 0.232 e. The highest BCUT2D eigenvalue weighted by molar-refractivity contribution is 5.87. The lowest BCUT2D eigenvalue weighted by atomic mass is 9.90. The molecule has 1 amide bonds. The van der Waals surface area contributed by atoms with Crippen LogP contribution in [0.5, 0.6) is 0 Å². The van der Waals surface area contributed by atoms with Crippen LogP contribution in [-0.2, 0) is 9.53 Å². The van der Waals surface area contributed by atoms with Crippen molar-refractivity contribution in [3.05, 3.63) is 71.8 Å². The minimum Gasteiger partial charge on any atom is -0.377 e. The summed E-state index contributed by atoms with van der Waals surface area (Å²) >= 11 is 0. The normalized spacial score (nSPS) is 10.9. The first kappa shape index (κ1) is 16.2. The molecule has 0 aliphatic carbocycles. The molecule has 0 spiro atoms. The maximum absolute atomic E-state index is 12.6. The van der Waals surface area contributed by atoms with Crippen LogP contribution in [0.15, 0.2) is 60.7 Å². The molecule has 0 bridgehead atoms. The number of ether oxygens (including phenoxy) is 1. The summed E-state index contributed by atoms with van der Waals surface area (Å²) in [7, 11) is 0. The van der Waals surface area contributed by atoms with Gasteiger partial charge in [0, 0.05) is 6.54 Å². The Morgan fingerprint density at radius 3 is 1.91 bits per heavy atom. The molecule has 3 nitrogen and oxygen atoms in total. The molecule has 0 aliphatic rings. The van der Waals surface area contributed by atoms with Crippen LogP contribution in [0.25, 0.3) is 0 Å². The lowest BCUT2D eigenvalue weighted by Crippen LogP contribution is -2.33. The van der Waals surface area contributed by atoms with E-state index in [2.05, 4.69) is 5.32 Å². The Bertz CT molecular complexity index is 527. The first-order valence-corrected chi connectivity index (χ1v) is 7.67. The van der Waals surface area contributed by atoms with Crippen molar-refractivity contribution in [1.82, 2.24) is 5.32 Å². The van der Waals surface area contributed by atoms with Crippen molar-refractivity contribution in [2.24, 2.45) is 0 Å². The van der Waals surface area contributed by atoms with Gasteiger partial charge >= 0.3 is 0 Å². The van der Waals surface area contributed by atoms with Gasteiger partial charge in [-0.15, -0.1) is 0 Å².